The first-order valence-corrected chi connectivity index (χ1v) is 11.1. The molecule has 0 bridgehead atoms. The number of alkyl carbamates (subject to hydrolysis) is 1. The molecule has 1 fully saturated rings. The van der Waals surface area contributed by atoms with E-state index >= 15 is 0 Å². The SMILES string of the molecule is CC(C)(C)OC(=O)NCC1CCN(C(=O)CSc2ccc3c(c2)OCCO3)CC1. The van der Waals surface area contributed by atoms with E-state index in [0.717, 1.165) is 42.3 Å². The number of piperidine rings is 1. The van der Waals surface area contributed by atoms with E-state index in [4.69, 9.17) is 14.2 Å². The van der Waals surface area contributed by atoms with Gasteiger partial charge < -0.3 is 24.4 Å². The number of amides is 2. The Morgan fingerprint density at radius 1 is 1.17 bits per heavy atom. The second kappa shape index (κ2) is 9.61. The van der Waals surface area contributed by atoms with Gasteiger partial charge in [0, 0.05) is 24.5 Å². The Bertz CT molecular complexity index is 726. The Morgan fingerprint density at radius 2 is 1.86 bits per heavy atom. The van der Waals surface area contributed by atoms with Gasteiger partial charge in [-0.15, -0.1) is 11.8 Å². The van der Waals surface area contributed by atoms with Crippen molar-refractivity contribution in [1.82, 2.24) is 10.2 Å². The van der Waals surface area contributed by atoms with Crippen molar-refractivity contribution in [3.63, 3.8) is 0 Å². The van der Waals surface area contributed by atoms with E-state index in [0.29, 0.717) is 31.4 Å². The monoisotopic (exact) mass is 422 g/mol. The standard InChI is InChI=1S/C21H30N2O5S/c1-21(2,3)28-20(25)22-13-15-6-8-23(9-7-15)19(24)14-29-16-4-5-17-18(12-16)27-11-10-26-17/h4-5,12,15H,6-11,13-14H2,1-3H3,(H,22,25). The van der Waals surface area contributed by atoms with Crippen molar-refractivity contribution in [3.8, 4) is 11.5 Å². The van der Waals surface area contributed by atoms with Gasteiger partial charge in [-0.3, -0.25) is 4.79 Å². The van der Waals surface area contributed by atoms with Gasteiger partial charge in [0.05, 0.1) is 5.75 Å². The van der Waals surface area contributed by atoms with E-state index in [1.165, 1.54) is 11.8 Å². The first kappa shape index (κ1) is 21.6. The number of carbonyl (C=O) groups excluding carboxylic acids is 2. The highest BCUT2D eigenvalue weighted by Gasteiger charge is 2.24. The maximum absolute atomic E-state index is 12.5. The summed E-state index contributed by atoms with van der Waals surface area (Å²) in [7, 11) is 0. The van der Waals surface area contributed by atoms with Crippen LogP contribution in [0.3, 0.4) is 0 Å². The largest absolute Gasteiger partial charge is 0.486 e. The van der Waals surface area contributed by atoms with Crippen molar-refractivity contribution in [2.75, 3.05) is 38.6 Å². The molecule has 160 valence electrons. The molecular weight excluding hydrogens is 392 g/mol. The third-order valence-corrected chi connectivity index (χ3v) is 5.76. The van der Waals surface area contributed by atoms with Crippen molar-refractivity contribution in [1.29, 1.82) is 0 Å². The van der Waals surface area contributed by atoms with Crippen LogP contribution >= 0.6 is 11.8 Å². The smallest absolute Gasteiger partial charge is 0.407 e. The molecule has 2 aliphatic rings. The molecule has 1 aromatic carbocycles. The quantitative estimate of drug-likeness (QED) is 0.734. The number of carbonyl (C=O) groups is 2. The lowest BCUT2D eigenvalue weighted by Crippen LogP contribution is -2.43. The molecule has 0 spiro atoms. The molecule has 8 heteroatoms. The lowest BCUT2D eigenvalue weighted by molar-refractivity contribution is -0.129. The summed E-state index contributed by atoms with van der Waals surface area (Å²) in [6, 6.07) is 5.78. The summed E-state index contributed by atoms with van der Waals surface area (Å²) >= 11 is 1.51. The lowest BCUT2D eigenvalue weighted by atomic mass is 9.97. The molecule has 7 nitrogen and oxygen atoms in total. The van der Waals surface area contributed by atoms with Crippen LogP contribution in [-0.2, 0) is 9.53 Å². The molecule has 0 aromatic heterocycles. The van der Waals surface area contributed by atoms with E-state index in [1.807, 2.05) is 43.9 Å². The summed E-state index contributed by atoms with van der Waals surface area (Å²) in [6.07, 6.45) is 1.39. The molecule has 1 aromatic rings. The fraction of sp³-hybridized carbons (Fsp3) is 0.619. The molecule has 0 saturated carbocycles. The average molecular weight is 423 g/mol. The molecule has 0 atom stereocenters. The Kier molecular flexibility index (Phi) is 7.16. The molecule has 3 rings (SSSR count). The second-order valence-electron chi connectivity index (χ2n) is 8.30. The predicted octanol–water partition coefficient (Wildman–Crippen LogP) is 3.31. The fourth-order valence-electron chi connectivity index (χ4n) is 3.28. The van der Waals surface area contributed by atoms with Crippen LogP contribution in [0, 0.1) is 5.92 Å². The third kappa shape index (κ3) is 6.73. The highest BCUT2D eigenvalue weighted by atomic mass is 32.2. The van der Waals surface area contributed by atoms with Crippen LogP contribution in [0.2, 0.25) is 0 Å². The Labute approximate surface area is 176 Å². The number of fused-ring (bicyclic) bond motifs is 1. The zero-order valence-corrected chi connectivity index (χ0v) is 18.2. The number of likely N-dealkylation sites (tertiary alicyclic amines) is 1. The first-order valence-electron chi connectivity index (χ1n) is 10.1. The summed E-state index contributed by atoms with van der Waals surface area (Å²) in [6.45, 7) is 8.70. The molecule has 0 radical (unpaired) electrons. The average Bonchev–Trinajstić information content (AvgIpc) is 2.69. The third-order valence-electron chi connectivity index (χ3n) is 4.78. The zero-order valence-electron chi connectivity index (χ0n) is 17.4. The second-order valence-corrected chi connectivity index (χ2v) is 9.35. The number of ether oxygens (including phenoxy) is 3. The predicted molar refractivity (Wildman–Crippen MR) is 112 cm³/mol. The number of thioether (sulfide) groups is 1. The highest BCUT2D eigenvalue weighted by molar-refractivity contribution is 8.00. The van der Waals surface area contributed by atoms with Crippen LogP contribution in [0.5, 0.6) is 11.5 Å². The molecule has 0 unspecified atom stereocenters. The van der Waals surface area contributed by atoms with Crippen LogP contribution in [0.1, 0.15) is 33.6 Å². The fourth-order valence-corrected chi connectivity index (χ4v) is 4.11. The van der Waals surface area contributed by atoms with Gasteiger partial charge in [-0.05, 0) is 57.7 Å². The molecular formula is C21H30N2O5S. The molecule has 0 aliphatic carbocycles. The normalized spacial score (nSPS) is 17.0. The summed E-state index contributed by atoms with van der Waals surface area (Å²) < 4.78 is 16.4. The van der Waals surface area contributed by atoms with Crippen LogP contribution in [-0.4, -0.2) is 61.1 Å². The zero-order chi connectivity index (χ0) is 20.9. The maximum atomic E-state index is 12.5. The molecule has 2 amide bonds. The summed E-state index contributed by atoms with van der Waals surface area (Å²) in [5.74, 6) is 2.42. The number of nitrogens with one attached hydrogen (secondary N) is 1. The van der Waals surface area contributed by atoms with Crippen LogP contribution in [0.25, 0.3) is 0 Å². The van der Waals surface area contributed by atoms with Gasteiger partial charge in [-0.25, -0.2) is 4.79 Å². The van der Waals surface area contributed by atoms with Gasteiger partial charge in [-0.2, -0.15) is 0 Å². The minimum atomic E-state index is -0.491. The van der Waals surface area contributed by atoms with Gasteiger partial charge in [0.15, 0.2) is 11.5 Å². The van der Waals surface area contributed by atoms with E-state index in [2.05, 4.69) is 5.32 Å². The van der Waals surface area contributed by atoms with Crippen LogP contribution in [0.15, 0.2) is 23.1 Å². The van der Waals surface area contributed by atoms with Gasteiger partial charge in [0.2, 0.25) is 5.91 Å². The number of hydrogen-bond donors (Lipinski definition) is 1. The number of nitrogens with zero attached hydrogens (tertiary/aromatic N) is 1. The van der Waals surface area contributed by atoms with E-state index in [1.54, 1.807) is 0 Å². The molecule has 29 heavy (non-hydrogen) atoms. The Balaban J connectivity index is 1.37. The van der Waals surface area contributed by atoms with Crippen molar-refractivity contribution in [2.45, 2.75) is 44.1 Å². The van der Waals surface area contributed by atoms with Crippen molar-refractivity contribution < 1.29 is 23.8 Å². The van der Waals surface area contributed by atoms with Gasteiger partial charge in [0.25, 0.3) is 0 Å². The molecule has 2 heterocycles. The van der Waals surface area contributed by atoms with E-state index in [-0.39, 0.29) is 12.0 Å². The molecule has 1 N–H and O–H groups in total. The van der Waals surface area contributed by atoms with Crippen molar-refractivity contribution in [2.24, 2.45) is 5.92 Å². The first-order chi connectivity index (χ1) is 13.8. The maximum Gasteiger partial charge on any atom is 0.407 e. The summed E-state index contributed by atoms with van der Waals surface area (Å²) in [5.41, 5.74) is -0.491. The topological polar surface area (TPSA) is 77.1 Å². The minimum Gasteiger partial charge on any atom is -0.486 e. The molecule has 1 saturated heterocycles. The van der Waals surface area contributed by atoms with E-state index < -0.39 is 5.60 Å². The Hall–Kier alpha value is -2.09. The number of benzene rings is 1. The van der Waals surface area contributed by atoms with Crippen LogP contribution < -0.4 is 14.8 Å². The van der Waals surface area contributed by atoms with E-state index in [9.17, 15) is 9.59 Å². The highest BCUT2D eigenvalue weighted by Crippen LogP contribution is 2.34. The summed E-state index contributed by atoms with van der Waals surface area (Å²) in [5, 5.41) is 2.83. The molecule has 2 aliphatic heterocycles. The van der Waals surface area contributed by atoms with Crippen LogP contribution in [0.4, 0.5) is 4.79 Å². The Morgan fingerprint density at radius 3 is 2.55 bits per heavy atom. The minimum absolute atomic E-state index is 0.142. The van der Waals surface area contributed by atoms with Crippen molar-refractivity contribution in [3.05, 3.63) is 18.2 Å². The van der Waals surface area contributed by atoms with Crippen molar-refractivity contribution >= 4 is 23.8 Å². The number of rotatable bonds is 5. The number of hydrogen-bond acceptors (Lipinski definition) is 6. The summed E-state index contributed by atoms with van der Waals surface area (Å²) in [4.78, 5) is 27.2. The van der Waals surface area contributed by atoms with Gasteiger partial charge >= 0.3 is 6.09 Å². The lowest BCUT2D eigenvalue weighted by Gasteiger charge is -2.32. The van der Waals surface area contributed by atoms with Gasteiger partial charge in [-0.1, -0.05) is 0 Å². The van der Waals surface area contributed by atoms with Gasteiger partial charge in [0.1, 0.15) is 18.8 Å².